The molecule has 202 valence electrons. The van der Waals surface area contributed by atoms with Crippen LogP contribution in [0, 0.1) is 0 Å². The maximum Gasteiger partial charge on any atom is 0.244 e. The largest absolute Gasteiger partial charge is 0.497 e. The van der Waals surface area contributed by atoms with Gasteiger partial charge in [-0.05, 0) is 43.4 Å². The fourth-order valence-electron chi connectivity index (χ4n) is 4.82. The number of rotatable bonds is 12. The van der Waals surface area contributed by atoms with Gasteiger partial charge in [-0.3, -0.25) is 13.9 Å². The summed E-state index contributed by atoms with van der Waals surface area (Å²) < 4.78 is 31.8. The van der Waals surface area contributed by atoms with Crippen molar-refractivity contribution in [3.05, 3.63) is 60.2 Å². The molecule has 0 spiro atoms. The van der Waals surface area contributed by atoms with Crippen LogP contribution < -0.4 is 14.4 Å². The summed E-state index contributed by atoms with van der Waals surface area (Å²) in [5.41, 5.74) is 1.37. The molecule has 9 heteroatoms. The van der Waals surface area contributed by atoms with E-state index in [-0.39, 0.29) is 11.9 Å². The minimum atomic E-state index is -3.78. The first-order chi connectivity index (χ1) is 17.7. The lowest BCUT2D eigenvalue weighted by Gasteiger charge is -2.34. The molecule has 8 nitrogen and oxygen atoms in total. The third-order valence-electron chi connectivity index (χ3n) is 6.84. The zero-order chi connectivity index (χ0) is 26.8. The molecule has 1 atom stereocenters. The maximum absolute atomic E-state index is 13.8. The Morgan fingerprint density at radius 2 is 1.76 bits per heavy atom. The van der Waals surface area contributed by atoms with Crippen LogP contribution in [0.15, 0.2) is 54.6 Å². The molecule has 0 heterocycles. The molecule has 1 N–H and O–H groups in total. The van der Waals surface area contributed by atoms with E-state index in [1.54, 1.807) is 29.2 Å². The smallest absolute Gasteiger partial charge is 0.244 e. The number of nitrogens with one attached hydrogen (secondary N) is 1. The van der Waals surface area contributed by atoms with E-state index in [9.17, 15) is 18.0 Å². The van der Waals surface area contributed by atoms with Gasteiger partial charge in [0, 0.05) is 18.7 Å². The Morgan fingerprint density at radius 3 is 2.38 bits per heavy atom. The minimum absolute atomic E-state index is 0.116. The highest BCUT2D eigenvalue weighted by molar-refractivity contribution is 7.92. The lowest BCUT2D eigenvalue weighted by molar-refractivity contribution is -0.140. The Labute approximate surface area is 221 Å². The van der Waals surface area contributed by atoms with Crippen molar-refractivity contribution in [2.45, 2.75) is 64.0 Å². The van der Waals surface area contributed by atoms with E-state index in [0.717, 1.165) is 41.8 Å². The standard InChI is InChI=1S/C28H39N3O5S/c1-4-26(28(33)29-23-14-9-6-10-15-23)30(19-18-22-12-7-5-8-13-22)27(32)21-31(37(3,34)35)24-16-11-17-25(20-24)36-2/h5,7-8,11-13,16-17,20,23,26H,4,6,9-10,14-15,18-19,21H2,1-3H3,(H,29,33)/t26-/m0/s1. The Morgan fingerprint density at radius 1 is 1.05 bits per heavy atom. The molecule has 0 aliphatic heterocycles. The monoisotopic (exact) mass is 529 g/mol. The predicted molar refractivity (Wildman–Crippen MR) is 146 cm³/mol. The van der Waals surface area contributed by atoms with Crippen LogP contribution in [0.2, 0.25) is 0 Å². The summed E-state index contributed by atoms with van der Waals surface area (Å²) >= 11 is 0. The number of hydrogen-bond acceptors (Lipinski definition) is 5. The highest BCUT2D eigenvalue weighted by Crippen LogP contribution is 2.24. The van der Waals surface area contributed by atoms with Crippen molar-refractivity contribution < 1.29 is 22.7 Å². The van der Waals surface area contributed by atoms with Crippen molar-refractivity contribution in [1.29, 1.82) is 0 Å². The SMILES string of the molecule is CC[C@@H](C(=O)NC1CCCCC1)N(CCc1ccccc1)C(=O)CN(c1cccc(OC)c1)S(C)(=O)=O. The van der Waals surface area contributed by atoms with Crippen LogP contribution in [-0.4, -0.2) is 63.7 Å². The highest BCUT2D eigenvalue weighted by Gasteiger charge is 2.32. The van der Waals surface area contributed by atoms with Gasteiger partial charge in [0.1, 0.15) is 18.3 Å². The molecule has 1 aliphatic rings. The number of anilines is 1. The fourth-order valence-corrected chi connectivity index (χ4v) is 5.66. The van der Waals surface area contributed by atoms with Crippen molar-refractivity contribution in [1.82, 2.24) is 10.2 Å². The van der Waals surface area contributed by atoms with Crippen LogP contribution in [0.5, 0.6) is 5.75 Å². The van der Waals surface area contributed by atoms with Gasteiger partial charge in [0.2, 0.25) is 21.8 Å². The Bertz CT molecular complexity index is 1130. The number of sulfonamides is 1. The van der Waals surface area contributed by atoms with Crippen molar-refractivity contribution in [3.63, 3.8) is 0 Å². The third-order valence-corrected chi connectivity index (χ3v) is 7.98. The normalized spacial score (nSPS) is 15.0. The molecule has 2 aromatic carbocycles. The van der Waals surface area contributed by atoms with E-state index >= 15 is 0 Å². The lowest BCUT2D eigenvalue weighted by Crippen LogP contribution is -2.54. The molecule has 0 aromatic heterocycles. The van der Waals surface area contributed by atoms with Crippen LogP contribution in [0.4, 0.5) is 5.69 Å². The molecule has 0 bridgehead atoms. The van der Waals surface area contributed by atoms with Crippen molar-refractivity contribution in [3.8, 4) is 5.75 Å². The van der Waals surface area contributed by atoms with Gasteiger partial charge in [-0.15, -0.1) is 0 Å². The number of hydrogen-bond donors (Lipinski definition) is 1. The molecule has 1 saturated carbocycles. The van der Waals surface area contributed by atoms with Crippen LogP contribution in [0.25, 0.3) is 0 Å². The number of amides is 2. The zero-order valence-electron chi connectivity index (χ0n) is 22.1. The second-order valence-electron chi connectivity index (χ2n) is 9.56. The van der Waals surface area contributed by atoms with E-state index in [1.165, 1.54) is 13.5 Å². The lowest BCUT2D eigenvalue weighted by atomic mass is 9.95. The third kappa shape index (κ3) is 8.21. The number of carbonyl (C=O) groups excluding carboxylic acids is 2. The van der Waals surface area contributed by atoms with Gasteiger partial charge in [0.15, 0.2) is 0 Å². The number of benzene rings is 2. The number of carbonyl (C=O) groups is 2. The fraction of sp³-hybridized carbons (Fsp3) is 0.500. The molecule has 3 rings (SSSR count). The molecule has 2 aromatic rings. The van der Waals surface area contributed by atoms with Crippen LogP contribution in [0.1, 0.15) is 51.0 Å². The molecule has 0 radical (unpaired) electrons. The predicted octanol–water partition coefficient (Wildman–Crippen LogP) is 3.76. The van der Waals surface area contributed by atoms with E-state index in [2.05, 4.69) is 5.32 Å². The molecule has 1 fully saturated rings. The Balaban J connectivity index is 1.86. The Hall–Kier alpha value is -3.07. The zero-order valence-corrected chi connectivity index (χ0v) is 22.9. The van der Waals surface area contributed by atoms with Gasteiger partial charge in [0.25, 0.3) is 0 Å². The van der Waals surface area contributed by atoms with Crippen LogP contribution in [-0.2, 0) is 26.0 Å². The summed E-state index contributed by atoms with van der Waals surface area (Å²) in [4.78, 5) is 28.7. The van der Waals surface area contributed by atoms with E-state index in [1.807, 2.05) is 37.3 Å². The second kappa shape index (κ2) is 13.5. The molecular formula is C28H39N3O5S. The molecule has 0 saturated heterocycles. The van der Waals surface area contributed by atoms with Crippen molar-refractivity contribution in [2.24, 2.45) is 0 Å². The summed E-state index contributed by atoms with van der Waals surface area (Å²) in [5.74, 6) is -0.115. The van der Waals surface area contributed by atoms with E-state index in [4.69, 9.17) is 4.74 Å². The van der Waals surface area contributed by atoms with Crippen LogP contribution in [0.3, 0.4) is 0 Å². The molecule has 37 heavy (non-hydrogen) atoms. The van der Waals surface area contributed by atoms with E-state index in [0.29, 0.717) is 30.8 Å². The first-order valence-electron chi connectivity index (χ1n) is 13.0. The first-order valence-corrected chi connectivity index (χ1v) is 14.8. The molecule has 0 unspecified atom stereocenters. The summed E-state index contributed by atoms with van der Waals surface area (Å²) in [5, 5.41) is 3.15. The van der Waals surface area contributed by atoms with Crippen molar-refractivity contribution >= 4 is 27.5 Å². The van der Waals surface area contributed by atoms with Crippen LogP contribution >= 0.6 is 0 Å². The average molecular weight is 530 g/mol. The quantitative estimate of drug-likeness (QED) is 0.452. The summed E-state index contributed by atoms with van der Waals surface area (Å²) in [6.45, 7) is 1.77. The molecule has 2 amide bonds. The minimum Gasteiger partial charge on any atom is -0.497 e. The second-order valence-corrected chi connectivity index (χ2v) is 11.5. The average Bonchev–Trinajstić information content (AvgIpc) is 2.90. The van der Waals surface area contributed by atoms with Crippen molar-refractivity contribution in [2.75, 3.05) is 30.8 Å². The summed E-state index contributed by atoms with van der Waals surface area (Å²) in [6, 6.07) is 15.8. The number of nitrogens with zero attached hydrogens (tertiary/aromatic N) is 2. The van der Waals surface area contributed by atoms with Gasteiger partial charge in [0.05, 0.1) is 19.1 Å². The Kier molecular flexibility index (Phi) is 10.4. The first kappa shape index (κ1) is 28.5. The van der Waals surface area contributed by atoms with Gasteiger partial charge in [-0.1, -0.05) is 62.6 Å². The summed E-state index contributed by atoms with van der Waals surface area (Å²) in [6.07, 6.45) is 7.28. The molecule has 1 aliphatic carbocycles. The summed E-state index contributed by atoms with van der Waals surface area (Å²) in [7, 11) is -2.29. The van der Waals surface area contributed by atoms with Gasteiger partial charge >= 0.3 is 0 Å². The number of methoxy groups -OCH3 is 1. The van der Waals surface area contributed by atoms with E-state index < -0.39 is 28.5 Å². The van der Waals surface area contributed by atoms with Gasteiger partial charge < -0.3 is 15.0 Å². The van der Waals surface area contributed by atoms with Gasteiger partial charge in [-0.2, -0.15) is 0 Å². The topological polar surface area (TPSA) is 96.0 Å². The molecular weight excluding hydrogens is 490 g/mol. The van der Waals surface area contributed by atoms with Gasteiger partial charge in [-0.25, -0.2) is 8.42 Å². The number of ether oxygens (including phenoxy) is 1. The highest BCUT2D eigenvalue weighted by atomic mass is 32.2. The maximum atomic E-state index is 13.8.